The lowest BCUT2D eigenvalue weighted by Gasteiger charge is -2.07. The highest BCUT2D eigenvalue weighted by Gasteiger charge is 2.02. The number of rotatable bonds is 6. The molecule has 1 aromatic rings. The van der Waals surface area contributed by atoms with Crippen LogP contribution < -0.4 is 4.74 Å². The molecular weight excluding hydrogens is 192 g/mol. The Morgan fingerprint density at radius 3 is 2.47 bits per heavy atom. The topological polar surface area (TPSA) is 49.7 Å². The molecule has 0 amide bonds. The number of hydrogen-bond acceptors (Lipinski definition) is 3. The normalized spacial score (nSPS) is 12.5. The summed E-state index contributed by atoms with van der Waals surface area (Å²) in [6.07, 6.45) is 0.745. The summed E-state index contributed by atoms with van der Waals surface area (Å²) in [5.74, 6) is 0.865. The second kappa shape index (κ2) is 6.43. The van der Waals surface area contributed by atoms with Crippen LogP contribution in [0.5, 0.6) is 5.75 Å². The van der Waals surface area contributed by atoms with E-state index in [9.17, 15) is 5.11 Å². The van der Waals surface area contributed by atoms with Gasteiger partial charge in [-0.05, 0) is 37.5 Å². The van der Waals surface area contributed by atoms with Crippen molar-refractivity contribution in [2.24, 2.45) is 0 Å². The van der Waals surface area contributed by atoms with Crippen LogP contribution in [0.1, 0.15) is 18.9 Å². The molecule has 15 heavy (non-hydrogen) atoms. The first-order valence-electron chi connectivity index (χ1n) is 5.27. The zero-order valence-electron chi connectivity index (χ0n) is 9.02. The van der Waals surface area contributed by atoms with Gasteiger partial charge in [0, 0.05) is 0 Å². The maximum Gasteiger partial charge on any atom is 0.119 e. The number of aliphatic hydroxyl groups excluding tert-OH is 2. The van der Waals surface area contributed by atoms with Gasteiger partial charge in [0.2, 0.25) is 0 Å². The molecule has 2 N–H and O–H groups in total. The monoisotopic (exact) mass is 210 g/mol. The molecule has 0 aromatic heterocycles. The second-order valence-electron chi connectivity index (χ2n) is 3.45. The Kier molecular flexibility index (Phi) is 5.15. The summed E-state index contributed by atoms with van der Waals surface area (Å²) < 4.78 is 5.32. The van der Waals surface area contributed by atoms with Crippen LogP contribution in [0.4, 0.5) is 0 Å². The molecule has 0 aliphatic rings. The molecule has 0 bridgehead atoms. The minimum absolute atomic E-state index is 0.170. The Hall–Kier alpha value is -1.06. The molecule has 0 aliphatic heterocycles. The van der Waals surface area contributed by atoms with Crippen LogP contribution in [0.15, 0.2) is 24.3 Å². The summed E-state index contributed by atoms with van der Waals surface area (Å²) >= 11 is 0. The third kappa shape index (κ3) is 4.32. The van der Waals surface area contributed by atoms with Crippen LogP contribution in [-0.2, 0) is 6.42 Å². The molecular formula is C12H18O3. The van der Waals surface area contributed by atoms with E-state index in [-0.39, 0.29) is 6.61 Å². The van der Waals surface area contributed by atoms with Crippen LogP contribution in [-0.4, -0.2) is 29.5 Å². The van der Waals surface area contributed by atoms with Crippen molar-refractivity contribution in [3.05, 3.63) is 29.8 Å². The average molecular weight is 210 g/mol. The molecule has 3 nitrogen and oxygen atoms in total. The number of hydrogen-bond donors (Lipinski definition) is 2. The van der Waals surface area contributed by atoms with E-state index >= 15 is 0 Å². The Balaban J connectivity index is 2.42. The predicted molar refractivity (Wildman–Crippen MR) is 59.0 cm³/mol. The lowest BCUT2D eigenvalue weighted by atomic mass is 10.1. The fourth-order valence-electron chi connectivity index (χ4n) is 1.34. The molecule has 3 heteroatoms. The number of ether oxygens (including phenoxy) is 1. The van der Waals surface area contributed by atoms with Crippen LogP contribution in [0.25, 0.3) is 0 Å². The summed E-state index contributed by atoms with van der Waals surface area (Å²) in [5.41, 5.74) is 1.14. The highest BCUT2D eigenvalue weighted by molar-refractivity contribution is 5.27. The van der Waals surface area contributed by atoms with Crippen LogP contribution in [0, 0.1) is 0 Å². The average Bonchev–Trinajstić information content (AvgIpc) is 2.28. The lowest BCUT2D eigenvalue weighted by Crippen LogP contribution is -2.12. The fourth-order valence-corrected chi connectivity index (χ4v) is 1.34. The van der Waals surface area contributed by atoms with Crippen LogP contribution >= 0.6 is 0 Å². The van der Waals surface area contributed by atoms with Gasteiger partial charge in [-0.2, -0.15) is 0 Å². The lowest BCUT2D eigenvalue weighted by molar-refractivity contribution is 0.0886. The minimum atomic E-state index is -0.614. The highest BCUT2D eigenvalue weighted by atomic mass is 16.5. The van der Waals surface area contributed by atoms with Gasteiger partial charge in [0.25, 0.3) is 0 Å². The Bertz CT molecular complexity index is 269. The van der Waals surface area contributed by atoms with E-state index in [4.69, 9.17) is 9.84 Å². The first-order chi connectivity index (χ1) is 7.26. The summed E-state index contributed by atoms with van der Waals surface area (Å²) in [4.78, 5) is 0. The Labute approximate surface area is 90.3 Å². The summed E-state index contributed by atoms with van der Waals surface area (Å²) in [6, 6.07) is 7.80. The van der Waals surface area contributed by atoms with E-state index in [1.54, 1.807) is 0 Å². The third-order valence-electron chi connectivity index (χ3n) is 2.21. The first-order valence-corrected chi connectivity index (χ1v) is 5.27. The van der Waals surface area contributed by atoms with Gasteiger partial charge in [-0.25, -0.2) is 0 Å². The van der Waals surface area contributed by atoms with Crippen molar-refractivity contribution in [1.82, 2.24) is 0 Å². The molecule has 1 aromatic carbocycles. The summed E-state index contributed by atoms with van der Waals surface area (Å²) in [5, 5.41) is 17.8. The molecule has 1 rings (SSSR count). The smallest absolute Gasteiger partial charge is 0.119 e. The van der Waals surface area contributed by atoms with Crippen molar-refractivity contribution in [3.63, 3.8) is 0 Å². The van der Waals surface area contributed by atoms with E-state index in [1.807, 2.05) is 31.2 Å². The van der Waals surface area contributed by atoms with Crippen molar-refractivity contribution in [1.29, 1.82) is 0 Å². The van der Waals surface area contributed by atoms with Gasteiger partial charge >= 0.3 is 0 Å². The maximum atomic E-state index is 9.18. The van der Waals surface area contributed by atoms with Gasteiger partial charge in [-0.15, -0.1) is 0 Å². The third-order valence-corrected chi connectivity index (χ3v) is 2.21. The van der Waals surface area contributed by atoms with E-state index < -0.39 is 6.10 Å². The largest absolute Gasteiger partial charge is 0.494 e. The van der Waals surface area contributed by atoms with Crippen molar-refractivity contribution < 1.29 is 14.9 Å². The zero-order valence-corrected chi connectivity index (χ0v) is 9.02. The van der Waals surface area contributed by atoms with E-state index in [0.29, 0.717) is 13.0 Å². The summed E-state index contributed by atoms with van der Waals surface area (Å²) in [7, 11) is 0. The maximum absolute atomic E-state index is 9.18. The molecule has 0 heterocycles. The van der Waals surface area contributed by atoms with Crippen molar-refractivity contribution >= 4 is 0 Å². The van der Waals surface area contributed by atoms with Gasteiger partial charge in [0.15, 0.2) is 0 Å². The van der Waals surface area contributed by atoms with E-state index in [0.717, 1.165) is 17.7 Å². The van der Waals surface area contributed by atoms with Gasteiger partial charge in [0.05, 0.1) is 19.3 Å². The van der Waals surface area contributed by atoms with Gasteiger partial charge in [-0.3, -0.25) is 0 Å². The molecule has 1 unspecified atom stereocenters. The fraction of sp³-hybridized carbons (Fsp3) is 0.500. The molecule has 0 saturated heterocycles. The molecule has 84 valence electrons. The van der Waals surface area contributed by atoms with Crippen LogP contribution in [0.2, 0.25) is 0 Å². The molecule has 1 atom stereocenters. The van der Waals surface area contributed by atoms with Crippen LogP contribution in [0.3, 0.4) is 0 Å². The molecule has 0 aliphatic carbocycles. The quantitative estimate of drug-likeness (QED) is 0.745. The number of aliphatic hydroxyl groups is 2. The standard InChI is InChI=1S/C12H18O3/c1-2-15-12-7-4-10(5-8-12)3-6-11(14)9-13/h4-5,7-8,11,13-14H,2-3,6,9H2,1H3. The molecule has 0 fully saturated rings. The second-order valence-corrected chi connectivity index (χ2v) is 3.45. The SMILES string of the molecule is CCOc1ccc(CCC(O)CO)cc1. The summed E-state index contributed by atoms with van der Waals surface area (Å²) in [6.45, 7) is 2.45. The highest BCUT2D eigenvalue weighted by Crippen LogP contribution is 2.13. The number of benzene rings is 1. The van der Waals surface area contributed by atoms with Crippen molar-refractivity contribution in [2.45, 2.75) is 25.9 Å². The van der Waals surface area contributed by atoms with Gasteiger partial charge in [-0.1, -0.05) is 12.1 Å². The van der Waals surface area contributed by atoms with E-state index in [2.05, 4.69) is 0 Å². The van der Waals surface area contributed by atoms with Gasteiger partial charge in [0.1, 0.15) is 5.75 Å². The number of aryl methyl sites for hydroxylation is 1. The Morgan fingerprint density at radius 2 is 1.93 bits per heavy atom. The minimum Gasteiger partial charge on any atom is -0.494 e. The first kappa shape index (κ1) is 12.0. The zero-order chi connectivity index (χ0) is 11.1. The van der Waals surface area contributed by atoms with Gasteiger partial charge < -0.3 is 14.9 Å². The molecule has 0 radical (unpaired) electrons. The van der Waals surface area contributed by atoms with E-state index in [1.165, 1.54) is 0 Å². The Morgan fingerprint density at radius 1 is 1.27 bits per heavy atom. The molecule has 0 spiro atoms. The molecule has 0 saturated carbocycles. The predicted octanol–water partition coefficient (Wildman–Crippen LogP) is 1.37. The van der Waals surface area contributed by atoms with Crippen molar-refractivity contribution in [3.8, 4) is 5.75 Å². The van der Waals surface area contributed by atoms with Crippen molar-refractivity contribution in [2.75, 3.05) is 13.2 Å².